The first-order chi connectivity index (χ1) is 8.81. The predicted octanol–water partition coefficient (Wildman–Crippen LogP) is 3.71. The lowest BCUT2D eigenvalue weighted by Gasteiger charge is -2.20. The molecule has 19 heavy (non-hydrogen) atoms. The van der Waals surface area contributed by atoms with Gasteiger partial charge in [-0.3, -0.25) is 4.90 Å². The van der Waals surface area contributed by atoms with Crippen molar-refractivity contribution in [2.24, 2.45) is 0 Å². The third kappa shape index (κ3) is 6.26. The van der Waals surface area contributed by atoms with E-state index in [0.717, 1.165) is 31.2 Å². The van der Waals surface area contributed by atoms with Crippen molar-refractivity contribution >= 4 is 0 Å². The summed E-state index contributed by atoms with van der Waals surface area (Å²) in [6.07, 6.45) is 2.48. The zero-order valence-corrected chi connectivity index (χ0v) is 13.5. The van der Waals surface area contributed by atoms with Crippen LogP contribution in [0.15, 0.2) is 10.5 Å². The van der Waals surface area contributed by atoms with E-state index < -0.39 is 0 Å². The molecule has 0 spiro atoms. The van der Waals surface area contributed by atoms with Gasteiger partial charge in [-0.25, -0.2) is 0 Å². The van der Waals surface area contributed by atoms with Crippen molar-refractivity contribution in [3.63, 3.8) is 0 Å². The maximum atomic E-state index is 5.85. The minimum absolute atomic E-state index is 0.141. The maximum Gasteiger partial charge on any atom is 0.118 e. The summed E-state index contributed by atoms with van der Waals surface area (Å²) in [5.41, 5.74) is 1.41. The van der Waals surface area contributed by atoms with Gasteiger partial charge in [0.2, 0.25) is 0 Å². The number of aryl methyl sites for hydroxylation is 1. The third-order valence-corrected chi connectivity index (χ3v) is 3.20. The summed E-state index contributed by atoms with van der Waals surface area (Å²) >= 11 is 0. The molecule has 0 bridgehead atoms. The Morgan fingerprint density at radius 3 is 2.58 bits per heavy atom. The second kappa shape index (κ2) is 7.11. The number of nitrogens with one attached hydrogen (secondary N) is 1. The molecule has 3 heteroatoms. The van der Waals surface area contributed by atoms with Crippen LogP contribution in [0.4, 0.5) is 0 Å². The molecule has 1 rings (SSSR count). The molecule has 0 amide bonds. The van der Waals surface area contributed by atoms with Gasteiger partial charge in [-0.15, -0.1) is 0 Å². The number of rotatable bonds is 7. The number of furan rings is 1. The molecule has 0 saturated heterocycles. The van der Waals surface area contributed by atoms with Crippen LogP contribution in [0.25, 0.3) is 0 Å². The molecule has 1 N–H and O–H groups in total. The first-order valence-electron chi connectivity index (χ1n) is 7.33. The Kier molecular flexibility index (Phi) is 6.08. The lowest BCUT2D eigenvalue weighted by molar-refractivity contribution is 0.288. The van der Waals surface area contributed by atoms with Crippen LogP contribution >= 0.6 is 0 Å². The van der Waals surface area contributed by atoms with E-state index in [1.54, 1.807) is 0 Å². The van der Waals surface area contributed by atoms with Crippen molar-refractivity contribution in [1.29, 1.82) is 0 Å². The van der Waals surface area contributed by atoms with Crippen LogP contribution in [0.1, 0.15) is 57.6 Å². The monoisotopic (exact) mass is 266 g/mol. The second-order valence-electron chi connectivity index (χ2n) is 6.49. The Morgan fingerprint density at radius 2 is 2.00 bits per heavy atom. The van der Waals surface area contributed by atoms with Crippen LogP contribution in [0, 0.1) is 6.92 Å². The molecule has 0 aromatic carbocycles. The average molecular weight is 266 g/mol. The lowest BCUT2D eigenvalue weighted by Crippen LogP contribution is -2.35. The first kappa shape index (κ1) is 16.3. The molecule has 0 unspecified atom stereocenters. The summed E-state index contributed by atoms with van der Waals surface area (Å²) in [5.74, 6) is 2.11. The quantitative estimate of drug-likeness (QED) is 0.815. The molecule has 0 radical (unpaired) electrons. The van der Waals surface area contributed by atoms with E-state index in [1.165, 1.54) is 18.4 Å². The van der Waals surface area contributed by atoms with Crippen LogP contribution < -0.4 is 5.32 Å². The smallest absolute Gasteiger partial charge is 0.118 e. The zero-order valence-electron chi connectivity index (χ0n) is 13.5. The fourth-order valence-corrected chi connectivity index (χ4v) is 1.97. The Balaban J connectivity index is 2.53. The van der Waals surface area contributed by atoms with Gasteiger partial charge >= 0.3 is 0 Å². The predicted molar refractivity (Wildman–Crippen MR) is 81.3 cm³/mol. The largest absolute Gasteiger partial charge is 0.465 e. The van der Waals surface area contributed by atoms with Crippen molar-refractivity contribution in [2.75, 3.05) is 13.6 Å². The molecule has 110 valence electrons. The highest BCUT2D eigenvalue weighted by Gasteiger charge is 2.13. The van der Waals surface area contributed by atoms with E-state index in [1.807, 2.05) is 0 Å². The molecule has 0 aliphatic heterocycles. The van der Waals surface area contributed by atoms with E-state index in [2.05, 4.69) is 57.9 Å². The summed E-state index contributed by atoms with van der Waals surface area (Å²) in [6, 6.07) is 2.19. The van der Waals surface area contributed by atoms with Crippen molar-refractivity contribution in [3.8, 4) is 0 Å². The summed E-state index contributed by atoms with van der Waals surface area (Å²) in [4.78, 5) is 2.32. The first-order valence-corrected chi connectivity index (χ1v) is 7.33. The van der Waals surface area contributed by atoms with E-state index >= 15 is 0 Å². The molecule has 3 nitrogen and oxygen atoms in total. The summed E-state index contributed by atoms with van der Waals surface area (Å²) < 4.78 is 5.85. The Morgan fingerprint density at radius 1 is 1.32 bits per heavy atom. The van der Waals surface area contributed by atoms with Crippen molar-refractivity contribution < 1.29 is 4.42 Å². The highest BCUT2D eigenvalue weighted by Crippen LogP contribution is 2.17. The van der Waals surface area contributed by atoms with Crippen molar-refractivity contribution in [1.82, 2.24) is 10.2 Å². The molecule has 0 atom stereocenters. The molecular weight excluding hydrogens is 236 g/mol. The third-order valence-electron chi connectivity index (χ3n) is 3.20. The van der Waals surface area contributed by atoms with Gasteiger partial charge in [-0.1, -0.05) is 13.3 Å². The Labute approximate surface area is 118 Å². The zero-order chi connectivity index (χ0) is 14.5. The maximum absolute atomic E-state index is 5.85. The van der Waals surface area contributed by atoms with E-state index in [9.17, 15) is 0 Å². The number of unbranched alkanes of at least 4 members (excludes halogenated alkanes) is 1. The number of hydrogen-bond acceptors (Lipinski definition) is 3. The van der Waals surface area contributed by atoms with Gasteiger partial charge < -0.3 is 9.73 Å². The standard InChI is InChI=1S/C16H30N2O/c1-7-8-9-18(6)12-15-10-14(13(2)19-15)11-17-16(3,4)5/h10,17H,7-9,11-12H2,1-6H3. The molecule has 0 aliphatic carbocycles. The molecule has 1 aromatic heterocycles. The molecule has 1 heterocycles. The molecule has 0 aliphatic rings. The SMILES string of the molecule is CCCCN(C)Cc1cc(CNC(C)(C)C)c(C)o1. The van der Waals surface area contributed by atoms with Gasteiger partial charge in [0.05, 0.1) is 6.54 Å². The topological polar surface area (TPSA) is 28.4 Å². The van der Waals surface area contributed by atoms with Gasteiger partial charge in [-0.05, 0) is 53.8 Å². The van der Waals surface area contributed by atoms with E-state index in [0.29, 0.717) is 0 Å². The molecule has 0 fully saturated rings. The normalized spacial score (nSPS) is 12.4. The van der Waals surface area contributed by atoms with Crippen molar-refractivity contribution in [2.45, 2.75) is 66.1 Å². The highest BCUT2D eigenvalue weighted by molar-refractivity contribution is 5.20. The van der Waals surface area contributed by atoms with Gasteiger partial charge in [0.15, 0.2) is 0 Å². The molecular formula is C16H30N2O. The van der Waals surface area contributed by atoms with Crippen LogP contribution in [0.3, 0.4) is 0 Å². The minimum atomic E-state index is 0.141. The summed E-state index contributed by atoms with van der Waals surface area (Å²) in [6.45, 7) is 13.7. The molecule has 0 saturated carbocycles. The summed E-state index contributed by atoms with van der Waals surface area (Å²) in [5, 5.41) is 3.51. The number of nitrogens with zero attached hydrogens (tertiary/aromatic N) is 1. The van der Waals surface area contributed by atoms with Crippen LogP contribution in [-0.4, -0.2) is 24.0 Å². The fraction of sp³-hybridized carbons (Fsp3) is 0.750. The Hall–Kier alpha value is -0.800. The van der Waals surface area contributed by atoms with E-state index in [4.69, 9.17) is 4.42 Å². The van der Waals surface area contributed by atoms with Crippen LogP contribution in [-0.2, 0) is 13.1 Å². The van der Waals surface area contributed by atoms with Gasteiger partial charge in [0.1, 0.15) is 11.5 Å². The Bertz CT molecular complexity index is 377. The van der Waals surface area contributed by atoms with Gasteiger partial charge in [0, 0.05) is 17.6 Å². The average Bonchev–Trinajstić information content (AvgIpc) is 2.63. The second-order valence-corrected chi connectivity index (χ2v) is 6.49. The fourth-order valence-electron chi connectivity index (χ4n) is 1.97. The van der Waals surface area contributed by atoms with Gasteiger partial charge in [-0.2, -0.15) is 0 Å². The minimum Gasteiger partial charge on any atom is -0.465 e. The lowest BCUT2D eigenvalue weighted by atomic mass is 10.1. The van der Waals surface area contributed by atoms with Gasteiger partial charge in [0.25, 0.3) is 0 Å². The highest BCUT2D eigenvalue weighted by atomic mass is 16.3. The van der Waals surface area contributed by atoms with Crippen LogP contribution in [0.2, 0.25) is 0 Å². The van der Waals surface area contributed by atoms with E-state index in [-0.39, 0.29) is 5.54 Å². The molecule has 1 aromatic rings. The summed E-state index contributed by atoms with van der Waals surface area (Å²) in [7, 11) is 2.15. The number of hydrogen-bond donors (Lipinski definition) is 1. The van der Waals surface area contributed by atoms with Crippen molar-refractivity contribution in [3.05, 3.63) is 23.2 Å². The van der Waals surface area contributed by atoms with Crippen LogP contribution in [0.5, 0.6) is 0 Å².